The highest BCUT2D eigenvalue weighted by Gasteiger charge is 2.20. The zero-order valence-corrected chi connectivity index (χ0v) is 14.2. The van der Waals surface area contributed by atoms with Gasteiger partial charge in [0.15, 0.2) is 0 Å². The van der Waals surface area contributed by atoms with Gasteiger partial charge in [0.2, 0.25) is 0 Å². The Balaban J connectivity index is 2.05. The van der Waals surface area contributed by atoms with Crippen molar-refractivity contribution in [1.29, 1.82) is 0 Å². The van der Waals surface area contributed by atoms with Crippen LogP contribution in [0, 0.1) is 0 Å². The minimum absolute atomic E-state index is 0.659. The van der Waals surface area contributed by atoms with Crippen molar-refractivity contribution in [2.24, 2.45) is 0 Å². The van der Waals surface area contributed by atoms with E-state index >= 15 is 0 Å². The first kappa shape index (κ1) is 14.4. The van der Waals surface area contributed by atoms with E-state index in [-0.39, 0.29) is 0 Å². The van der Waals surface area contributed by atoms with Gasteiger partial charge in [-0.2, -0.15) is 0 Å². The molecule has 1 aliphatic heterocycles. The molecule has 0 amide bonds. The summed E-state index contributed by atoms with van der Waals surface area (Å²) in [6.07, 6.45) is 0. The lowest BCUT2D eigenvalue weighted by molar-refractivity contribution is 0.209. The summed E-state index contributed by atoms with van der Waals surface area (Å²) in [4.78, 5) is 5.01. The molecule has 1 fully saturated rings. The van der Waals surface area contributed by atoms with Crippen LogP contribution in [-0.2, 0) is 5.33 Å². The van der Waals surface area contributed by atoms with Crippen molar-refractivity contribution in [2.45, 2.75) is 25.2 Å². The summed E-state index contributed by atoms with van der Waals surface area (Å²) >= 11 is 7.19. The molecule has 100 valence electrons. The Morgan fingerprint density at radius 2 is 1.83 bits per heavy atom. The van der Waals surface area contributed by atoms with Gasteiger partial charge in [0.05, 0.1) is 5.69 Å². The maximum Gasteiger partial charge on any atom is 0.0511 e. The standard InChI is InChI=1S/C14H20Br2N2/c1-11(2)17-5-7-18(8-6-17)14-4-3-12(10-15)9-13(14)16/h3-4,9,11H,5-8,10H2,1-2H3. The van der Waals surface area contributed by atoms with Crippen LogP contribution in [0.15, 0.2) is 22.7 Å². The van der Waals surface area contributed by atoms with Crippen molar-refractivity contribution in [3.63, 3.8) is 0 Å². The van der Waals surface area contributed by atoms with Crippen molar-refractivity contribution < 1.29 is 0 Å². The Hall–Kier alpha value is -0.0600. The van der Waals surface area contributed by atoms with E-state index in [0.29, 0.717) is 6.04 Å². The van der Waals surface area contributed by atoms with Crippen LogP contribution < -0.4 is 4.90 Å². The van der Waals surface area contributed by atoms with Gasteiger partial charge in [0.1, 0.15) is 0 Å². The molecule has 0 aliphatic carbocycles. The summed E-state index contributed by atoms with van der Waals surface area (Å²) in [5.74, 6) is 0. The van der Waals surface area contributed by atoms with Crippen molar-refractivity contribution in [2.75, 3.05) is 31.1 Å². The molecule has 0 atom stereocenters. The van der Waals surface area contributed by atoms with E-state index in [1.165, 1.54) is 15.7 Å². The van der Waals surface area contributed by atoms with Crippen LogP contribution in [0.4, 0.5) is 5.69 Å². The van der Waals surface area contributed by atoms with Crippen molar-refractivity contribution in [3.05, 3.63) is 28.2 Å². The maximum absolute atomic E-state index is 3.69. The Kier molecular flexibility index (Phi) is 5.10. The van der Waals surface area contributed by atoms with Crippen LogP contribution in [0.25, 0.3) is 0 Å². The fourth-order valence-corrected chi connectivity index (χ4v) is 3.39. The van der Waals surface area contributed by atoms with E-state index in [1.54, 1.807) is 0 Å². The molecule has 4 heteroatoms. The van der Waals surface area contributed by atoms with E-state index < -0.39 is 0 Å². The number of hydrogen-bond donors (Lipinski definition) is 0. The highest BCUT2D eigenvalue weighted by Crippen LogP contribution is 2.29. The largest absolute Gasteiger partial charge is 0.368 e. The zero-order valence-electron chi connectivity index (χ0n) is 11.0. The first-order valence-corrected chi connectivity index (χ1v) is 8.36. The lowest BCUT2D eigenvalue weighted by Gasteiger charge is -2.38. The Labute approximate surface area is 127 Å². The summed E-state index contributed by atoms with van der Waals surface area (Å²) in [5, 5.41) is 0.910. The second-order valence-corrected chi connectivity index (χ2v) is 6.45. The maximum atomic E-state index is 3.69. The average molecular weight is 376 g/mol. The van der Waals surface area contributed by atoms with Crippen LogP contribution in [0.3, 0.4) is 0 Å². The van der Waals surface area contributed by atoms with Crippen molar-refractivity contribution in [1.82, 2.24) is 4.90 Å². The molecule has 1 saturated heterocycles. The smallest absolute Gasteiger partial charge is 0.0511 e. The molecule has 0 spiro atoms. The Bertz CT molecular complexity index is 399. The van der Waals surface area contributed by atoms with Crippen LogP contribution in [0.2, 0.25) is 0 Å². The fraction of sp³-hybridized carbons (Fsp3) is 0.571. The molecule has 0 bridgehead atoms. The van der Waals surface area contributed by atoms with E-state index in [2.05, 4.69) is 73.7 Å². The Morgan fingerprint density at radius 1 is 1.17 bits per heavy atom. The monoisotopic (exact) mass is 374 g/mol. The number of hydrogen-bond acceptors (Lipinski definition) is 2. The van der Waals surface area contributed by atoms with Crippen LogP contribution in [-0.4, -0.2) is 37.1 Å². The number of piperazine rings is 1. The average Bonchev–Trinajstić information content (AvgIpc) is 2.38. The van der Waals surface area contributed by atoms with E-state index in [9.17, 15) is 0 Å². The van der Waals surface area contributed by atoms with Crippen LogP contribution in [0.5, 0.6) is 0 Å². The van der Waals surface area contributed by atoms with Gasteiger partial charge in [-0.05, 0) is 47.5 Å². The summed E-state index contributed by atoms with van der Waals surface area (Å²) in [7, 11) is 0. The minimum Gasteiger partial charge on any atom is -0.368 e. The molecule has 0 radical (unpaired) electrons. The van der Waals surface area contributed by atoms with Gasteiger partial charge < -0.3 is 4.90 Å². The van der Waals surface area contributed by atoms with E-state index in [4.69, 9.17) is 0 Å². The molecule has 0 N–H and O–H groups in total. The van der Waals surface area contributed by atoms with Gasteiger partial charge in [-0.25, -0.2) is 0 Å². The second kappa shape index (κ2) is 6.40. The number of nitrogens with zero attached hydrogens (tertiary/aromatic N) is 2. The van der Waals surface area contributed by atoms with Gasteiger partial charge in [0, 0.05) is 42.0 Å². The van der Waals surface area contributed by atoms with Gasteiger partial charge in [0.25, 0.3) is 0 Å². The molecule has 2 nitrogen and oxygen atoms in total. The topological polar surface area (TPSA) is 6.48 Å². The lowest BCUT2D eigenvalue weighted by Crippen LogP contribution is -2.49. The molecule has 0 saturated carbocycles. The molecular formula is C14H20Br2N2. The van der Waals surface area contributed by atoms with Crippen LogP contribution >= 0.6 is 31.9 Å². The Morgan fingerprint density at radius 3 is 2.33 bits per heavy atom. The molecule has 0 unspecified atom stereocenters. The van der Waals surface area contributed by atoms with Gasteiger partial charge in [-0.15, -0.1) is 0 Å². The van der Waals surface area contributed by atoms with Gasteiger partial charge in [-0.1, -0.05) is 22.0 Å². The molecule has 1 aromatic carbocycles. The molecule has 0 aromatic heterocycles. The molecule has 2 rings (SSSR count). The fourth-order valence-electron chi connectivity index (χ4n) is 2.37. The molecule has 1 aromatic rings. The van der Waals surface area contributed by atoms with E-state index in [0.717, 1.165) is 31.5 Å². The molecule has 18 heavy (non-hydrogen) atoms. The molecule has 1 heterocycles. The minimum atomic E-state index is 0.659. The van der Waals surface area contributed by atoms with E-state index in [1.807, 2.05) is 0 Å². The number of benzene rings is 1. The van der Waals surface area contributed by atoms with Gasteiger partial charge in [-0.3, -0.25) is 4.90 Å². The highest BCUT2D eigenvalue weighted by molar-refractivity contribution is 9.10. The number of anilines is 1. The number of halogens is 2. The summed E-state index contributed by atoms with van der Waals surface area (Å²) < 4.78 is 1.21. The summed E-state index contributed by atoms with van der Waals surface area (Å²) in [6.45, 7) is 9.09. The highest BCUT2D eigenvalue weighted by atomic mass is 79.9. The quantitative estimate of drug-likeness (QED) is 0.739. The second-order valence-electron chi connectivity index (χ2n) is 5.04. The van der Waals surface area contributed by atoms with Crippen molar-refractivity contribution >= 4 is 37.5 Å². The first-order chi connectivity index (χ1) is 8.61. The number of alkyl halides is 1. The summed E-state index contributed by atoms with van der Waals surface area (Å²) in [6, 6.07) is 7.29. The van der Waals surface area contributed by atoms with Gasteiger partial charge >= 0.3 is 0 Å². The van der Waals surface area contributed by atoms with Crippen molar-refractivity contribution in [3.8, 4) is 0 Å². The number of rotatable bonds is 3. The lowest BCUT2D eigenvalue weighted by atomic mass is 10.2. The summed E-state index contributed by atoms with van der Waals surface area (Å²) in [5.41, 5.74) is 2.63. The third kappa shape index (κ3) is 3.28. The predicted octanol–water partition coefficient (Wildman–Crippen LogP) is 3.87. The predicted molar refractivity (Wildman–Crippen MR) is 85.7 cm³/mol. The third-order valence-corrected chi connectivity index (χ3v) is 4.83. The normalized spacial score (nSPS) is 17.5. The third-order valence-electron chi connectivity index (χ3n) is 3.55. The molecule has 1 aliphatic rings. The van der Waals surface area contributed by atoms with Crippen LogP contribution in [0.1, 0.15) is 19.4 Å². The first-order valence-electron chi connectivity index (χ1n) is 6.45. The SMILES string of the molecule is CC(C)N1CCN(c2ccc(CBr)cc2Br)CC1. The zero-order chi connectivity index (χ0) is 13.1. The molecular weight excluding hydrogens is 356 g/mol.